The molecule has 0 radical (unpaired) electrons. The van der Waals surface area contributed by atoms with E-state index in [9.17, 15) is 9.59 Å². The minimum Gasteiger partial charge on any atom is -0.490 e. The molecule has 0 fully saturated rings. The van der Waals surface area contributed by atoms with Gasteiger partial charge in [0.25, 0.3) is 0 Å². The average molecular weight is 425 g/mol. The van der Waals surface area contributed by atoms with Gasteiger partial charge in [0.1, 0.15) is 0 Å². The maximum absolute atomic E-state index is 12.2. The number of carbonyl (C=O) groups is 2. The van der Waals surface area contributed by atoms with Crippen molar-refractivity contribution in [1.29, 1.82) is 0 Å². The van der Waals surface area contributed by atoms with Crippen molar-refractivity contribution in [1.82, 2.24) is 5.32 Å². The van der Waals surface area contributed by atoms with Crippen LogP contribution in [0.3, 0.4) is 0 Å². The maximum atomic E-state index is 12.2. The van der Waals surface area contributed by atoms with Gasteiger partial charge in [0.2, 0.25) is 11.8 Å². The van der Waals surface area contributed by atoms with Crippen molar-refractivity contribution in [3.8, 4) is 11.5 Å². The SMILES string of the molecule is CCOc1cc(C=CC(=O)NCC(=O)Nc2c(C)cccc2C)ccc1OCC(C)C. The quantitative estimate of drug-likeness (QED) is 0.551. The van der Waals surface area contributed by atoms with E-state index in [1.165, 1.54) is 6.08 Å². The highest BCUT2D eigenvalue weighted by Crippen LogP contribution is 2.29. The topological polar surface area (TPSA) is 76.7 Å². The van der Waals surface area contributed by atoms with Gasteiger partial charge in [0, 0.05) is 11.8 Å². The van der Waals surface area contributed by atoms with E-state index in [4.69, 9.17) is 9.47 Å². The van der Waals surface area contributed by atoms with E-state index in [1.807, 2.05) is 57.2 Å². The van der Waals surface area contributed by atoms with E-state index in [0.29, 0.717) is 30.6 Å². The Morgan fingerprint density at radius 3 is 2.39 bits per heavy atom. The van der Waals surface area contributed by atoms with Crippen LogP contribution in [0.2, 0.25) is 0 Å². The molecule has 6 nitrogen and oxygen atoms in total. The van der Waals surface area contributed by atoms with Crippen LogP contribution in [0.15, 0.2) is 42.5 Å². The third-order valence-electron chi connectivity index (χ3n) is 4.44. The fourth-order valence-electron chi connectivity index (χ4n) is 2.87. The van der Waals surface area contributed by atoms with Crippen LogP contribution in [0, 0.1) is 19.8 Å². The lowest BCUT2D eigenvalue weighted by atomic mass is 10.1. The van der Waals surface area contributed by atoms with E-state index in [2.05, 4.69) is 24.5 Å². The van der Waals surface area contributed by atoms with Gasteiger partial charge in [0.15, 0.2) is 11.5 Å². The summed E-state index contributed by atoms with van der Waals surface area (Å²) in [4.78, 5) is 24.3. The molecule has 31 heavy (non-hydrogen) atoms. The minimum absolute atomic E-state index is 0.108. The second-order valence-corrected chi connectivity index (χ2v) is 7.71. The van der Waals surface area contributed by atoms with E-state index >= 15 is 0 Å². The van der Waals surface area contributed by atoms with Crippen LogP contribution >= 0.6 is 0 Å². The lowest BCUT2D eigenvalue weighted by molar-refractivity contribution is -0.121. The molecule has 0 spiro atoms. The van der Waals surface area contributed by atoms with Crippen LogP contribution in [-0.4, -0.2) is 31.6 Å². The predicted molar refractivity (Wildman–Crippen MR) is 125 cm³/mol. The van der Waals surface area contributed by atoms with Gasteiger partial charge in [-0.05, 0) is 61.6 Å². The zero-order valence-electron chi connectivity index (χ0n) is 19.0. The monoisotopic (exact) mass is 424 g/mol. The molecule has 0 saturated carbocycles. The minimum atomic E-state index is -0.352. The molecular formula is C25H32N2O4. The first-order chi connectivity index (χ1) is 14.8. The normalized spacial score (nSPS) is 10.9. The number of hydrogen-bond acceptors (Lipinski definition) is 4. The van der Waals surface area contributed by atoms with Crippen LogP contribution in [0.4, 0.5) is 5.69 Å². The fraction of sp³-hybridized carbons (Fsp3) is 0.360. The molecule has 0 saturated heterocycles. The first kappa shape index (κ1) is 24.0. The highest BCUT2D eigenvalue weighted by molar-refractivity contribution is 5.98. The Bertz CT molecular complexity index is 915. The fourth-order valence-corrected chi connectivity index (χ4v) is 2.87. The van der Waals surface area contributed by atoms with Gasteiger partial charge in [-0.15, -0.1) is 0 Å². The van der Waals surface area contributed by atoms with Crippen LogP contribution < -0.4 is 20.1 Å². The van der Waals surface area contributed by atoms with Crippen molar-refractivity contribution in [2.75, 3.05) is 25.1 Å². The largest absolute Gasteiger partial charge is 0.490 e. The molecule has 0 bridgehead atoms. The Balaban J connectivity index is 1.93. The highest BCUT2D eigenvalue weighted by Gasteiger charge is 2.09. The third-order valence-corrected chi connectivity index (χ3v) is 4.44. The van der Waals surface area contributed by atoms with Gasteiger partial charge in [-0.2, -0.15) is 0 Å². The summed E-state index contributed by atoms with van der Waals surface area (Å²) in [7, 11) is 0. The van der Waals surface area contributed by atoms with Gasteiger partial charge in [-0.25, -0.2) is 0 Å². The summed E-state index contributed by atoms with van der Waals surface area (Å²) in [5, 5.41) is 5.45. The summed E-state index contributed by atoms with van der Waals surface area (Å²) in [6.45, 7) is 10.9. The molecule has 2 N–H and O–H groups in total. The number of benzene rings is 2. The van der Waals surface area contributed by atoms with Gasteiger partial charge < -0.3 is 20.1 Å². The molecule has 0 heterocycles. The van der Waals surface area contributed by atoms with Gasteiger partial charge in [0.05, 0.1) is 19.8 Å². The number of carbonyl (C=O) groups excluding carboxylic acids is 2. The number of ether oxygens (including phenoxy) is 2. The molecule has 0 atom stereocenters. The van der Waals surface area contributed by atoms with Crippen molar-refractivity contribution >= 4 is 23.6 Å². The first-order valence-electron chi connectivity index (χ1n) is 10.5. The number of aryl methyl sites for hydroxylation is 2. The van der Waals surface area contributed by atoms with Gasteiger partial charge in [-0.3, -0.25) is 9.59 Å². The van der Waals surface area contributed by atoms with Crippen LogP contribution in [-0.2, 0) is 9.59 Å². The molecule has 0 aliphatic rings. The van der Waals surface area contributed by atoms with E-state index in [0.717, 1.165) is 22.4 Å². The number of rotatable bonds is 10. The maximum Gasteiger partial charge on any atom is 0.244 e. The molecule has 0 aromatic heterocycles. The zero-order chi connectivity index (χ0) is 22.8. The van der Waals surface area contributed by atoms with Crippen LogP contribution in [0.1, 0.15) is 37.5 Å². The Hall–Kier alpha value is -3.28. The second-order valence-electron chi connectivity index (χ2n) is 7.71. The predicted octanol–water partition coefficient (Wildman–Crippen LogP) is 4.51. The molecule has 0 unspecified atom stereocenters. The van der Waals surface area contributed by atoms with Crippen LogP contribution in [0.25, 0.3) is 6.08 Å². The van der Waals surface area contributed by atoms with E-state index in [1.54, 1.807) is 6.08 Å². The highest BCUT2D eigenvalue weighted by atomic mass is 16.5. The Kier molecular flexibility index (Phi) is 9.13. The lowest BCUT2D eigenvalue weighted by Crippen LogP contribution is -2.32. The smallest absolute Gasteiger partial charge is 0.244 e. The van der Waals surface area contributed by atoms with Crippen molar-refractivity contribution in [2.45, 2.75) is 34.6 Å². The Labute approximate surface area is 184 Å². The first-order valence-corrected chi connectivity index (χ1v) is 10.5. The average Bonchev–Trinajstić information content (AvgIpc) is 2.73. The van der Waals surface area contributed by atoms with Crippen molar-refractivity contribution in [3.05, 3.63) is 59.2 Å². The summed E-state index contributed by atoms with van der Waals surface area (Å²) in [5.41, 5.74) is 3.53. The summed E-state index contributed by atoms with van der Waals surface area (Å²) in [6.07, 6.45) is 3.07. The molecule has 0 aliphatic heterocycles. The van der Waals surface area contributed by atoms with E-state index in [-0.39, 0.29) is 18.4 Å². The van der Waals surface area contributed by atoms with E-state index < -0.39 is 0 Å². The summed E-state index contributed by atoms with van der Waals surface area (Å²) >= 11 is 0. The second kappa shape index (κ2) is 11.8. The molecule has 166 valence electrons. The third kappa shape index (κ3) is 7.81. The van der Waals surface area contributed by atoms with Crippen LogP contribution in [0.5, 0.6) is 11.5 Å². The van der Waals surface area contributed by atoms with Gasteiger partial charge in [-0.1, -0.05) is 38.1 Å². The van der Waals surface area contributed by atoms with Gasteiger partial charge >= 0.3 is 0 Å². The van der Waals surface area contributed by atoms with Crippen molar-refractivity contribution in [3.63, 3.8) is 0 Å². The number of nitrogens with one attached hydrogen (secondary N) is 2. The lowest BCUT2D eigenvalue weighted by Gasteiger charge is -2.14. The molecule has 0 aliphatic carbocycles. The number of amides is 2. The summed E-state index contributed by atoms with van der Waals surface area (Å²) < 4.78 is 11.4. The number of hydrogen-bond donors (Lipinski definition) is 2. The van der Waals surface area contributed by atoms with Crippen molar-refractivity contribution < 1.29 is 19.1 Å². The molecule has 2 amide bonds. The van der Waals surface area contributed by atoms with Crippen molar-refractivity contribution in [2.24, 2.45) is 5.92 Å². The zero-order valence-corrected chi connectivity index (χ0v) is 19.0. The Morgan fingerprint density at radius 2 is 1.74 bits per heavy atom. The number of para-hydroxylation sites is 1. The Morgan fingerprint density at radius 1 is 1.03 bits per heavy atom. The molecule has 2 aromatic rings. The standard InChI is InChI=1S/C25H32N2O4/c1-6-30-22-14-20(10-12-21(22)31-16-17(2)3)11-13-23(28)26-15-24(29)27-25-18(4)8-7-9-19(25)5/h7-14,17H,6,15-16H2,1-5H3,(H,26,28)(H,27,29). The summed E-state index contributed by atoms with van der Waals surface area (Å²) in [5.74, 6) is 1.10. The molecular weight excluding hydrogens is 392 g/mol. The molecule has 2 rings (SSSR count). The molecule has 2 aromatic carbocycles. The summed E-state index contributed by atoms with van der Waals surface area (Å²) in [6, 6.07) is 11.3. The number of anilines is 1. The molecule has 6 heteroatoms.